The lowest BCUT2D eigenvalue weighted by Crippen LogP contribution is -2.30. The van der Waals surface area contributed by atoms with Crippen molar-refractivity contribution < 1.29 is 4.79 Å². The van der Waals surface area contributed by atoms with E-state index in [1.165, 1.54) is 0 Å². The van der Waals surface area contributed by atoms with Crippen LogP contribution < -0.4 is 10.9 Å². The normalized spacial score (nSPS) is 12.1. The standard InChI is InChI=1S/C20H21N3O2/c1-14(16-8-4-3-5-9-16)22-19(24)12-13-23-18-11-7-6-10-17(18)21-15(2)20(23)25/h3-11,14H,12-13H2,1-2H3,(H,22,24). The van der Waals surface area contributed by atoms with Gasteiger partial charge >= 0.3 is 0 Å². The number of benzene rings is 2. The molecular formula is C20H21N3O2. The Balaban J connectivity index is 1.73. The zero-order valence-corrected chi connectivity index (χ0v) is 14.4. The molecule has 0 radical (unpaired) electrons. The van der Waals surface area contributed by atoms with E-state index in [0.717, 1.165) is 16.6 Å². The molecule has 3 aromatic rings. The predicted molar refractivity (Wildman–Crippen MR) is 98.4 cm³/mol. The number of hydrogen-bond donors (Lipinski definition) is 1. The van der Waals surface area contributed by atoms with Crippen LogP contribution in [0, 0.1) is 6.92 Å². The molecule has 25 heavy (non-hydrogen) atoms. The number of aromatic nitrogens is 2. The highest BCUT2D eigenvalue weighted by Crippen LogP contribution is 2.12. The molecule has 1 heterocycles. The van der Waals surface area contributed by atoms with Crippen LogP contribution in [-0.2, 0) is 11.3 Å². The van der Waals surface area contributed by atoms with Gasteiger partial charge in [0.05, 0.1) is 17.1 Å². The second-order valence-corrected chi connectivity index (χ2v) is 6.09. The van der Waals surface area contributed by atoms with Gasteiger partial charge < -0.3 is 9.88 Å². The van der Waals surface area contributed by atoms with Crippen LogP contribution in [0.4, 0.5) is 0 Å². The SMILES string of the molecule is Cc1nc2ccccc2n(CCC(=O)NC(C)c2ccccc2)c1=O. The highest BCUT2D eigenvalue weighted by Gasteiger charge is 2.12. The molecule has 3 rings (SSSR count). The Morgan fingerprint density at radius 1 is 1.12 bits per heavy atom. The smallest absolute Gasteiger partial charge is 0.272 e. The van der Waals surface area contributed by atoms with Crippen molar-refractivity contribution >= 4 is 16.9 Å². The number of carbonyl (C=O) groups excluding carboxylic acids is 1. The average molecular weight is 335 g/mol. The first kappa shape index (κ1) is 16.9. The van der Waals surface area contributed by atoms with Crippen molar-refractivity contribution in [3.05, 3.63) is 76.2 Å². The maximum absolute atomic E-state index is 12.4. The third-order valence-corrected chi connectivity index (χ3v) is 4.25. The number of amides is 1. The summed E-state index contributed by atoms with van der Waals surface area (Å²) >= 11 is 0. The molecule has 0 bridgehead atoms. The molecule has 5 heteroatoms. The lowest BCUT2D eigenvalue weighted by atomic mass is 10.1. The van der Waals surface area contributed by atoms with Gasteiger partial charge in [0.15, 0.2) is 0 Å². The molecule has 128 valence electrons. The quantitative estimate of drug-likeness (QED) is 0.779. The van der Waals surface area contributed by atoms with Gasteiger partial charge in [-0.15, -0.1) is 0 Å². The zero-order chi connectivity index (χ0) is 17.8. The summed E-state index contributed by atoms with van der Waals surface area (Å²) < 4.78 is 1.63. The van der Waals surface area contributed by atoms with Gasteiger partial charge in [0.1, 0.15) is 5.69 Å². The van der Waals surface area contributed by atoms with Crippen molar-refractivity contribution in [2.45, 2.75) is 32.9 Å². The monoisotopic (exact) mass is 335 g/mol. The van der Waals surface area contributed by atoms with Crippen molar-refractivity contribution in [1.29, 1.82) is 0 Å². The van der Waals surface area contributed by atoms with E-state index in [-0.39, 0.29) is 23.9 Å². The second kappa shape index (κ2) is 7.30. The van der Waals surface area contributed by atoms with E-state index in [4.69, 9.17) is 0 Å². The fourth-order valence-corrected chi connectivity index (χ4v) is 2.89. The van der Waals surface area contributed by atoms with Crippen molar-refractivity contribution in [2.75, 3.05) is 0 Å². The number of rotatable bonds is 5. The van der Waals surface area contributed by atoms with Gasteiger partial charge in [0.25, 0.3) is 5.56 Å². The molecule has 1 amide bonds. The number of fused-ring (bicyclic) bond motifs is 1. The highest BCUT2D eigenvalue weighted by atomic mass is 16.2. The van der Waals surface area contributed by atoms with Gasteiger partial charge in [0, 0.05) is 13.0 Å². The van der Waals surface area contributed by atoms with E-state index in [1.807, 2.05) is 61.5 Å². The summed E-state index contributed by atoms with van der Waals surface area (Å²) in [7, 11) is 0. The summed E-state index contributed by atoms with van der Waals surface area (Å²) in [6.45, 7) is 3.98. The maximum atomic E-state index is 12.4. The van der Waals surface area contributed by atoms with Crippen molar-refractivity contribution in [2.24, 2.45) is 0 Å². The molecule has 0 saturated carbocycles. The van der Waals surface area contributed by atoms with Gasteiger partial charge in [-0.1, -0.05) is 42.5 Å². The molecule has 0 spiro atoms. The van der Waals surface area contributed by atoms with Crippen LogP contribution in [0.5, 0.6) is 0 Å². The third kappa shape index (κ3) is 3.76. The van der Waals surface area contributed by atoms with Crippen molar-refractivity contribution in [3.63, 3.8) is 0 Å². The number of nitrogens with zero attached hydrogens (tertiary/aromatic N) is 2. The molecule has 0 saturated heterocycles. The largest absolute Gasteiger partial charge is 0.350 e. The van der Waals surface area contributed by atoms with E-state index in [2.05, 4.69) is 10.3 Å². The Kier molecular flexibility index (Phi) is 4.93. The summed E-state index contributed by atoms with van der Waals surface area (Å²) in [5.41, 5.74) is 2.86. The zero-order valence-electron chi connectivity index (χ0n) is 14.4. The Labute approximate surface area is 146 Å². The topological polar surface area (TPSA) is 64.0 Å². The first-order chi connectivity index (χ1) is 12.1. The van der Waals surface area contributed by atoms with Crippen molar-refractivity contribution in [3.8, 4) is 0 Å². The lowest BCUT2D eigenvalue weighted by molar-refractivity contribution is -0.121. The first-order valence-electron chi connectivity index (χ1n) is 8.37. The van der Waals surface area contributed by atoms with E-state index in [1.54, 1.807) is 11.5 Å². The van der Waals surface area contributed by atoms with Crippen LogP contribution >= 0.6 is 0 Å². The minimum atomic E-state index is -0.150. The first-order valence-corrected chi connectivity index (χ1v) is 8.37. The van der Waals surface area contributed by atoms with Gasteiger partial charge in [-0.05, 0) is 31.5 Å². The third-order valence-electron chi connectivity index (χ3n) is 4.25. The van der Waals surface area contributed by atoms with Gasteiger partial charge in [-0.2, -0.15) is 0 Å². The minimum Gasteiger partial charge on any atom is -0.350 e. The molecule has 5 nitrogen and oxygen atoms in total. The summed E-state index contributed by atoms with van der Waals surface area (Å²) in [5.74, 6) is -0.0817. The molecule has 0 aliphatic rings. The Hall–Kier alpha value is -2.95. The summed E-state index contributed by atoms with van der Waals surface area (Å²) in [4.78, 5) is 29.0. The number of nitrogens with one attached hydrogen (secondary N) is 1. The van der Waals surface area contributed by atoms with Gasteiger partial charge in [0.2, 0.25) is 5.91 Å². The fourth-order valence-electron chi connectivity index (χ4n) is 2.89. The maximum Gasteiger partial charge on any atom is 0.272 e. The van der Waals surface area contributed by atoms with Crippen LogP contribution in [0.2, 0.25) is 0 Å². The van der Waals surface area contributed by atoms with E-state index < -0.39 is 0 Å². The number of aryl methyl sites for hydroxylation is 2. The van der Waals surface area contributed by atoms with E-state index in [9.17, 15) is 9.59 Å². The Morgan fingerprint density at radius 3 is 2.56 bits per heavy atom. The van der Waals surface area contributed by atoms with Crippen molar-refractivity contribution in [1.82, 2.24) is 14.9 Å². The fraction of sp³-hybridized carbons (Fsp3) is 0.250. The average Bonchev–Trinajstić information content (AvgIpc) is 2.63. The lowest BCUT2D eigenvalue weighted by Gasteiger charge is -2.15. The van der Waals surface area contributed by atoms with Gasteiger partial charge in [-0.3, -0.25) is 9.59 Å². The number of hydrogen-bond acceptors (Lipinski definition) is 3. The molecule has 2 aromatic carbocycles. The van der Waals surface area contributed by atoms with Crippen LogP contribution in [0.1, 0.15) is 30.6 Å². The van der Waals surface area contributed by atoms with Crippen LogP contribution in [0.15, 0.2) is 59.4 Å². The molecule has 1 N–H and O–H groups in total. The molecule has 1 aromatic heterocycles. The number of para-hydroxylation sites is 2. The van der Waals surface area contributed by atoms with Crippen LogP contribution in [0.25, 0.3) is 11.0 Å². The Morgan fingerprint density at radius 2 is 1.80 bits per heavy atom. The van der Waals surface area contributed by atoms with E-state index >= 15 is 0 Å². The molecule has 1 unspecified atom stereocenters. The van der Waals surface area contributed by atoms with Crippen LogP contribution in [0.3, 0.4) is 0 Å². The molecule has 1 atom stereocenters. The minimum absolute atomic E-state index is 0.0682. The van der Waals surface area contributed by atoms with Gasteiger partial charge in [-0.25, -0.2) is 4.98 Å². The summed E-state index contributed by atoms with van der Waals surface area (Å²) in [5, 5.41) is 2.98. The molecule has 0 aliphatic carbocycles. The number of carbonyl (C=O) groups is 1. The predicted octanol–water partition coefficient (Wildman–Crippen LogP) is 2.97. The molecule has 0 aliphatic heterocycles. The Bertz CT molecular complexity index is 948. The molecular weight excluding hydrogens is 314 g/mol. The summed E-state index contributed by atoms with van der Waals surface area (Å²) in [6, 6.07) is 17.2. The van der Waals surface area contributed by atoms with E-state index in [0.29, 0.717) is 12.2 Å². The second-order valence-electron chi connectivity index (χ2n) is 6.09. The summed E-state index contributed by atoms with van der Waals surface area (Å²) in [6.07, 6.45) is 0.241. The highest BCUT2D eigenvalue weighted by molar-refractivity contribution is 5.77. The molecule has 0 fully saturated rings. The van der Waals surface area contributed by atoms with Crippen LogP contribution in [-0.4, -0.2) is 15.5 Å².